The zero-order valence-electron chi connectivity index (χ0n) is 26.2. The first-order valence-electron chi connectivity index (χ1n) is 16.2. The Morgan fingerprint density at radius 1 is 0.896 bits per heavy atom. The van der Waals surface area contributed by atoms with Crippen molar-refractivity contribution in [3.05, 3.63) is 136 Å². The number of rotatable bonds is 6. The van der Waals surface area contributed by atoms with E-state index in [9.17, 15) is 19.5 Å². The fraction of sp³-hybridized carbons (Fsp3) is 0.250. The number of hydrogen-bond donors (Lipinski definition) is 1. The van der Waals surface area contributed by atoms with Gasteiger partial charge in [0.1, 0.15) is 11.5 Å². The second-order valence-electron chi connectivity index (χ2n) is 13.1. The average Bonchev–Trinajstić information content (AvgIpc) is 3.72. The molecule has 1 aliphatic heterocycles. The highest BCUT2D eigenvalue weighted by Gasteiger charge is 2.66. The van der Waals surface area contributed by atoms with E-state index in [-0.39, 0.29) is 42.1 Å². The van der Waals surface area contributed by atoms with Crippen LogP contribution in [-0.4, -0.2) is 40.5 Å². The number of carbonyl (C=O) groups excluding carboxylic acids is 4. The van der Waals surface area contributed by atoms with E-state index in [0.29, 0.717) is 34.4 Å². The number of benzene rings is 3. The molecular formula is C40H33NO6S. The lowest BCUT2D eigenvalue weighted by Gasteiger charge is -2.55. The Hall–Kier alpha value is -5.08. The maximum absolute atomic E-state index is 15.1. The van der Waals surface area contributed by atoms with Crippen LogP contribution in [0.15, 0.2) is 114 Å². The molecule has 8 rings (SSSR count). The molecule has 4 aliphatic rings. The molecule has 0 spiro atoms. The van der Waals surface area contributed by atoms with Gasteiger partial charge in [-0.25, -0.2) is 0 Å². The van der Waals surface area contributed by atoms with E-state index in [0.717, 1.165) is 10.5 Å². The van der Waals surface area contributed by atoms with Crippen LogP contribution in [0.5, 0.6) is 11.5 Å². The molecule has 2 heterocycles. The summed E-state index contributed by atoms with van der Waals surface area (Å²) in [4.78, 5) is 60.5. The molecule has 2 fully saturated rings. The van der Waals surface area contributed by atoms with Crippen molar-refractivity contribution in [1.29, 1.82) is 0 Å². The van der Waals surface area contributed by atoms with Gasteiger partial charge in [-0.3, -0.25) is 24.1 Å². The lowest BCUT2D eigenvalue weighted by Crippen LogP contribution is -2.58. The highest BCUT2D eigenvalue weighted by atomic mass is 32.1. The van der Waals surface area contributed by atoms with E-state index in [1.165, 1.54) is 35.5 Å². The van der Waals surface area contributed by atoms with E-state index in [4.69, 9.17) is 4.74 Å². The minimum absolute atomic E-state index is 0.0664. The number of thiophene rings is 1. The monoisotopic (exact) mass is 655 g/mol. The van der Waals surface area contributed by atoms with Crippen molar-refractivity contribution < 1.29 is 29.0 Å². The maximum Gasteiger partial charge on any atom is 0.234 e. The highest BCUT2D eigenvalue weighted by molar-refractivity contribution is 7.09. The summed E-state index contributed by atoms with van der Waals surface area (Å²) >= 11 is 1.50. The fourth-order valence-electron chi connectivity index (χ4n) is 8.89. The zero-order chi connectivity index (χ0) is 33.2. The Morgan fingerprint density at radius 2 is 1.65 bits per heavy atom. The molecule has 1 saturated heterocycles. The molecule has 3 aromatic carbocycles. The normalized spacial score (nSPS) is 27.9. The van der Waals surface area contributed by atoms with Crippen LogP contribution >= 0.6 is 11.3 Å². The van der Waals surface area contributed by atoms with Crippen LogP contribution < -0.4 is 4.74 Å². The van der Waals surface area contributed by atoms with E-state index >= 15 is 4.79 Å². The number of nitrogens with zero attached hydrogens (tertiary/aromatic N) is 1. The van der Waals surface area contributed by atoms with E-state index in [2.05, 4.69) is 0 Å². The summed E-state index contributed by atoms with van der Waals surface area (Å²) in [6.45, 7) is 0.211. The van der Waals surface area contributed by atoms with Crippen LogP contribution in [0.4, 0.5) is 0 Å². The molecule has 6 atom stereocenters. The van der Waals surface area contributed by atoms with Gasteiger partial charge in [0.2, 0.25) is 11.8 Å². The van der Waals surface area contributed by atoms with Crippen LogP contribution in [0.25, 0.3) is 5.57 Å². The first-order chi connectivity index (χ1) is 23.3. The second-order valence-corrected chi connectivity index (χ2v) is 14.1. The number of ether oxygens (including phenoxy) is 1. The first-order valence-corrected chi connectivity index (χ1v) is 17.1. The quantitative estimate of drug-likeness (QED) is 0.188. The van der Waals surface area contributed by atoms with Crippen molar-refractivity contribution in [3.63, 3.8) is 0 Å². The van der Waals surface area contributed by atoms with Crippen LogP contribution in [0.3, 0.4) is 0 Å². The third-order valence-corrected chi connectivity index (χ3v) is 11.8. The summed E-state index contributed by atoms with van der Waals surface area (Å²) in [6.07, 6.45) is 4.04. The number of Topliss-reactive ketones (excluding diaryl/α,β-unsaturated/α-hetero) is 1. The predicted molar refractivity (Wildman–Crippen MR) is 181 cm³/mol. The van der Waals surface area contributed by atoms with Gasteiger partial charge in [-0.1, -0.05) is 84.4 Å². The Balaban J connectivity index is 1.35. The number of carbonyl (C=O) groups is 4. The topological polar surface area (TPSA) is 101 Å². The van der Waals surface area contributed by atoms with Crippen molar-refractivity contribution in [2.75, 3.05) is 7.11 Å². The fourth-order valence-corrected chi connectivity index (χ4v) is 9.59. The molecule has 3 aliphatic carbocycles. The average molecular weight is 656 g/mol. The molecule has 6 unspecified atom stereocenters. The van der Waals surface area contributed by atoms with Crippen molar-refractivity contribution >= 4 is 40.3 Å². The summed E-state index contributed by atoms with van der Waals surface area (Å²) in [5.41, 5.74) is 1.55. The molecule has 8 heteroatoms. The van der Waals surface area contributed by atoms with Crippen molar-refractivity contribution in [3.8, 4) is 11.5 Å². The Morgan fingerprint density at radius 3 is 2.33 bits per heavy atom. The summed E-state index contributed by atoms with van der Waals surface area (Å²) in [5.74, 6) is -3.85. The molecule has 240 valence electrons. The third kappa shape index (κ3) is 4.39. The number of imide groups is 1. The number of methoxy groups -OCH3 is 1. The molecule has 4 aromatic rings. The molecule has 7 nitrogen and oxygen atoms in total. The summed E-state index contributed by atoms with van der Waals surface area (Å²) < 4.78 is 5.41. The van der Waals surface area contributed by atoms with E-state index in [1.807, 2.05) is 84.3 Å². The molecule has 1 aromatic heterocycles. The number of fused-ring (bicyclic) bond motifs is 4. The number of phenols is 1. The number of amides is 2. The predicted octanol–water partition coefficient (Wildman–Crippen LogP) is 6.49. The third-order valence-electron chi connectivity index (χ3n) is 10.9. The lowest BCUT2D eigenvalue weighted by atomic mass is 9.44. The smallest absolute Gasteiger partial charge is 0.234 e. The molecule has 0 bridgehead atoms. The Bertz CT molecular complexity index is 2020. The van der Waals surface area contributed by atoms with Crippen LogP contribution in [-0.2, 0) is 31.1 Å². The lowest BCUT2D eigenvalue weighted by molar-refractivity contribution is -0.141. The molecule has 0 radical (unpaired) electrons. The molecular weight excluding hydrogens is 623 g/mol. The van der Waals surface area contributed by atoms with Gasteiger partial charge in [0.05, 0.1) is 30.9 Å². The van der Waals surface area contributed by atoms with Crippen LogP contribution in [0.2, 0.25) is 0 Å². The largest absolute Gasteiger partial charge is 0.508 e. The van der Waals surface area contributed by atoms with Gasteiger partial charge < -0.3 is 9.84 Å². The van der Waals surface area contributed by atoms with Gasteiger partial charge in [0.15, 0.2) is 11.6 Å². The molecule has 48 heavy (non-hydrogen) atoms. The van der Waals surface area contributed by atoms with Gasteiger partial charge in [0, 0.05) is 33.9 Å². The van der Waals surface area contributed by atoms with Gasteiger partial charge in [-0.2, -0.15) is 0 Å². The van der Waals surface area contributed by atoms with Crippen molar-refractivity contribution in [2.24, 2.45) is 23.7 Å². The maximum atomic E-state index is 15.1. The van der Waals surface area contributed by atoms with Crippen molar-refractivity contribution in [1.82, 2.24) is 4.90 Å². The molecule has 1 N–H and O–H groups in total. The SMILES string of the molecule is COc1ccc(C2C3=CCC4C(=O)N(Cc5cccs5)C(=O)C4C3CC3C(=O)C(c4ccccc4)=CC(=O)C32c2ccccc2)c(O)c1. The van der Waals surface area contributed by atoms with Crippen LogP contribution in [0, 0.1) is 23.7 Å². The first kappa shape index (κ1) is 30.3. The van der Waals surface area contributed by atoms with E-state index in [1.54, 1.807) is 12.1 Å². The number of ketones is 2. The Kier molecular flexibility index (Phi) is 7.29. The highest BCUT2D eigenvalue weighted by Crippen LogP contribution is 2.64. The van der Waals surface area contributed by atoms with Gasteiger partial charge in [-0.05, 0) is 53.5 Å². The number of aromatic hydroxyl groups is 1. The van der Waals surface area contributed by atoms with E-state index < -0.39 is 35.0 Å². The second kappa shape index (κ2) is 11.6. The standard InChI is InChI=1S/C40H33NO6S/c1-47-25-14-15-28(33(42)19-25)36-27-16-17-29-35(39(46)41(38(29)45)22-26-13-8-18-48-26)31(27)20-32-37(44)30(23-9-4-2-5-10-23)21-34(43)40(32,36)24-11-6-3-7-12-24/h2-16,18-19,21,29,31-32,35-36,42H,17,20,22H2,1H3. The summed E-state index contributed by atoms with van der Waals surface area (Å²) in [7, 11) is 1.51. The van der Waals surface area contributed by atoms with Gasteiger partial charge >= 0.3 is 0 Å². The number of allylic oxidation sites excluding steroid dienone is 4. The molecule has 1 saturated carbocycles. The van der Waals surface area contributed by atoms with Gasteiger partial charge in [0.25, 0.3) is 0 Å². The zero-order valence-corrected chi connectivity index (χ0v) is 27.1. The number of hydrogen-bond acceptors (Lipinski definition) is 7. The summed E-state index contributed by atoms with van der Waals surface area (Å²) in [5, 5.41) is 13.5. The molecule has 2 amide bonds. The van der Waals surface area contributed by atoms with Crippen LogP contribution in [0.1, 0.15) is 40.3 Å². The minimum Gasteiger partial charge on any atom is -0.508 e. The summed E-state index contributed by atoms with van der Waals surface area (Å²) in [6, 6.07) is 27.4. The van der Waals surface area contributed by atoms with Gasteiger partial charge in [-0.15, -0.1) is 11.3 Å². The minimum atomic E-state index is -1.40. The number of likely N-dealkylation sites (tertiary alicyclic amines) is 1. The van der Waals surface area contributed by atoms with Crippen molar-refractivity contribution in [2.45, 2.75) is 30.7 Å². The number of phenolic OH excluding ortho intramolecular Hbond substituents is 1. The Labute approximate surface area is 282 Å².